The number of ether oxygens (including phenoxy) is 3. The maximum atomic E-state index is 13.9. The van der Waals surface area contributed by atoms with E-state index in [0.717, 1.165) is 12.1 Å². The van der Waals surface area contributed by atoms with Crippen LogP contribution in [0.3, 0.4) is 0 Å². The molecule has 0 bridgehead atoms. The summed E-state index contributed by atoms with van der Waals surface area (Å²) < 4.78 is 29.6. The van der Waals surface area contributed by atoms with Crippen LogP contribution in [0.4, 0.5) is 9.18 Å². The molecule has 0 aliphatic carbocycles. The van der Waals surface area contributed by atoms with E-state index in [2.05, 4.69) is 17.9 Å². The number of phenols is 1. The van der Waals surface area contributed by atoms with Crippen LogP contribution < -0.4 is 5.32 Å². The Morgan fingerprint density at radius 1 is 1.16 bits per heavy atom. The molecule has 2 N–H and O–H groups in total. The standard InChI is InChI=1S/C21H22FNO7S/c1-28-17(9-10-29-18(25)12-31)19(14-7-8-16(24)15(22)11-14)30-21(27)23-20(26)13-5-3-2-4-6-13/h2-8,11,17,19,24,31H,9-10,12H2,1H3,(H,23,26,27)/t17-,19-/m0/s1. The van der Waals surface area contributed by atoms with Gasteiger partial charge in [-0.1, -0.05) is 24.3 Å². The third kappa shape index (κ3) is 7.26. The van der Waals surface area contributed by atoms with Crippen LogP contribution in [0.1, 0.15) is 28.4 Å². The number of imide groups is 1. The molecule has 2 amide bonds. The Hall–Kier alpha value is -3.11. The molecular formula is C21H22FNO7S. The SMILES string of the molecule is CO[C@@H](CCOC(=O)CS)[C@@H](OC(=O)NC(=O)c1ccccc1)c1ccc(O)c(F)c1. The molecule has 0 spiro atoms. The van der Waals surface area contributed by atoms with E-state index in [1.165, 1.54) is 25.3 Å². The summed E-state index contributed by atoms with van der Waals surface area (Å²) in [6, 6.07) is 11.5. The normalized spacial score (nSPS) is 12.5. The number of esters is 1. The number of halogens is 1. The molecule has 2 aromatic rings. The number of thiol groups is 1. The molecule has 0 aliphatic rings. The number of hydrogen-bond donors (Lipinski definition) is 3. The number of rotatable bonds is 9. The maximum absolute atomic E-state index is 13.9. The number of alkyl carbamates (subject to hydrolysis) is 1. The lowest BCUT2D eigenvalue weighted by Crippen LogP contribution is -2.35. The summed E-state index contributed by atoms with van der Waals surface area (Å²) in [5.41, 5.74) is 0.415. The quantitative estimate of drug-likeness (QED) is 0.397. The van der Waals surface area contributed by atoms with E-state index in [1.54, 1.807) is 18.2 Å². The van der Waals surface area contributed by atoms with E-state index in [9.17, 15) is 23.9 Å². The summed E-state index contributed by atoms with van der Waals surface area (Å²) in [6.45, 7) is -0.0666. The van der Waals surface area contributed by atoms with Crippen LogP contribution in [0.25, 0.3) is 0 Å². The lowest BCUT2D eigenvalue weighted by Gasteiger charge is -2.26. The lowest BCUT2D eigenvalue weighted by molar-refractivity contribution is -0.141. The molecule has 0 heterocycles. The summed E-state index contributed by atoms with van der Waals surface area (Å²) in [5.74, 6) is -2.84. The highest BCUT2D eigenvalue weighted by Gasteiger charge is 2.29. The van der Waals surface area contributed by atoms with E-state index >= 15 is 0 Å². The van der Waals surface area contributed by atoms with Crippen molar-refractivity contribution in [3.63, 3.8) is 0 Å². The van der Waals surface area contributed by atoms with Crippen molar-refractivity contribution < 1.29 is 38.1 Å². The minimum atomic E-state index is -1.17. The minimum absolute atomic E-state index is 0.0666. The lowest BCUT2D eigenvalue weighted by atomic mass is 10.0. The minimum Gasteiger partial charge on any atom is -0.505 e. The molecule has 2 rings (SSSR count). The van der Waals surface area contributed by atoms with Gasteiger partial charge in [0.25, 0.3) is 5.91 Å². The summed E-state index contributed by atoms with van der Waals surface area (Å²) in [6.07, 6.45) is -3.00. The Balaban J connectivity index is 2.17. The molecule has 0 aromatic heterocycles. The Morgan fingerprint density at radius 3 is 2.48 bits per heavy atom. The molecule has 10 heteroatoms. The van der Waals surface area contributed by atoms with Crippen molar-refractivity contribution in [2.45, 2.75) is 18.6 Å². The molecule has 166 valence electrons. The number of aromatic hydroxyl groups is 1. The molecule has 0 fully saturated rings. The number of benzene rings is 2. The largest absolute Gasteiger partial charge is 0.505 e. The smallest absolute Gasteiger partial charge is 0.414 e. The van der Waals surface area contributed by atoms with Crippen molar-refractivity contribution in [2.75, 3.05) is 19.5 Å². The van der Waals surface area contributed by atoms with Crippen molar-refractivity contribution >= 4 is 30.6 Å². The highest BCUT2D eigenvalue weighted by atomic mass is 32.1. The van der Waals surface area contributed by atoms with Crippen molar-refractivity contribution in [3.8, 4) is 5.75 Å². The predicted octanol–water partition coefficient (Wildman–Crippen LogP) is 3.02. The average Bonchev–Trinajstić information content (AvgIpc) is 2.77. The highest BCUT2D eigenvalue weighted by Crippen LogP contribution is 2.29. The molecule has 2 atom stereocenters. The van der Waals surface area contributed by atoms with Gasteiger partial charge in [0.2, 0.25) is 0 Å². The zero-order valence-electron chi connectivity index (χ0n) is 16.6. The first-order chi connectivity index (χ1) is 14.8. The number of carbonyl (C=O) groups excluding carboxylic acids is 3. The van der Waals surface area contributed by atoms with Gasteiger partial charge in [0.05, 0.1) is 12.4 Å². The first kappa shape index (κ1) is 24.2. The second-order valence-electron chi connectivity index (χ2n) is 6.30. The van der Waals surface area contributed by atoms with Crippen molar-refractivity contribution in [2.24, 2.45) is 0 Å². The first-order valence-corrected chi connectivity index (χ1v) is 9.83. The van der Waals surface area contributed by atoms with Crippen molar-refractivity contribution in [3.05, 3.63) is 65.5 Å². The summed E-state index contributed by atoms with van der Waals surface area (Å²) in [4.78, 5) is 35.8. The van der Waals surface area contributed by atoms with Gasteiger partial charge in [-0.2, -0.15) is 12.6 Å². The van der Waals surface area contributed by atoms with Crippen LogP contribution >= 0.6 is 12.6 Å². The highest BCUT2D eigenvalue weighted by molar-refractivity contribution is 7.81. The maximum Gasteiger partial charge on any atom is 0.414 e. The van der Waals surface area contributed by atoms with Crippen LogP contribution in [-0.4, -0.2) is 48.6 Å². The Morgan fingerprint density at radius 2 is 1.87 bits per heavy atom. The van der Waals surface area contributed by atoms with E-state index in [0.29, 0.717) is 0 Å². The Bertz CT molecular complexity index is 910. The average molecular weight is 451 g/mol. The monoisotopic (exact) mass is 451 g/mol. The number of phenolic OH excluding ortho intramolecular Hbond substituents is 1. The van der Waals surface area contributed by atoms with Gasteiger partial charge in [-0.05, 0) is 29.8 Å². The summed E-state index contributed by atoms with van der Waals surface area (Å²) in [5, 5.41) is 11.5. The Labute approximate surface area is 183 Å². The van der Waals surface area contributed by atoms with E-state index < -0.39 is 41.7 Å². The number of carbonyl (C=O) groups is 3. The summed E-state index contributed by atoms with van der Waals surface area (Å²) in [7, 11) is 1.34. The van der Waals surface area contributed by atoms with Crippen LogP contribution in [0.2, 0.25) is 0 Å². The van der Waals surface area contributed by atoms with Gasteiger partial charge in [0, 0.05) is 19.1 Å². The fourth-order valence-electron chi connectivity index (χ4n) is 2.69. The predicted molar refractivity (Wildman–Crippen MR) is 111 cm³/mol. The zero-order chi connectivity index (χ0) is 22.8. The van der Waals surface area contributed by atoms with Gasteiger partial charge in [-0.15, -0.1) is 0 Å². The Kier molecular flexibility index (Phi) is 9.29. The third-order valence-corrected chi connectivity index (χ3v) is 4.48. The van der Waals surface area contributed by atoms with Gasteiger partial charge in [-0.25, -0.2) is 9.18 Å². The zero-order valence-corrected chi connectivity index (χ0v) is 17.5. The van der Waals surface area contributed by atoms with Gasteiger partial charge >= 0.3 is 12.1 Å². The van der Waals surface area contributed by atoms with Gasteiger partial charge < -0.3 is 19.3 Å². The van der Waals surface area contributed by atoms with Crippen LogP contribution in [0, 0.1) is 5.82 Å². The molecule has 0 aliphatic heterocycles. The number of hydrogen-bond acceptors (Lipinski definition) is 8. The summed E-state index contributed by atoms with van der Waals surface area (Å²) >= 11 is 3.81. The fourth-order valence-corrected chi connectivity index (χ4v) is 2.78. The topological polar surface area (TPSA) is 111 Å². The van der Waals surface area contributed by atoms with Gasteiger partial charge in [-0.3, -0.25) is 14.9 Å². The van der Waals surface area contributed by atoms with Crippen LogP contribution in [0.5, 0.6) is 5.75 Å². The van der Waals surface area contributed by atoms with Gasteiger partial charge in [0.15, 0.2) is 17.7 Å². The van der Waals surface area contributed by atoms with Crippen LogP contribution in [-0.2, 0) is 19.0 Å². The number of methoxy groups -OCH3 is 1. The molecule has 31 heavy (non-hydrogen) atoms. The molecule has 0 saturated heterocycles. The second kappa shape index (κ2) is 11.9. The van der Waals surface area contributed by atoms with Crippen molar-refractivity contribution in [1.29, 1.82) is 0 Å². The van der Waals surface area contributed by atoms with Crippen molar-refractivity contribution in [1.82, 2.24) is 5.32 Å². The van der Waals surface area contributed by atoms with Gasteiger partial charge in [0.1, 0.15) is 6.10 Å². The van der Waals surface area contributed by atoms with E-state index in [4.69, 9.17) is 14.2 Å². The second-order valence-corrected chi connectivity index (χ2v) is 6.61. The third-order valence-electron chi connectivity index (χ3n) is 4.22. The molecule has 0 saturated carbocycles. The van der Waals surface area contributed by atoms with E-state index in [1.807, 2.05) is 0 Å². The number of nitrogens with one attached hydrogen (secondary N) is 1. The molecular weight excluding hydrogens is 429 g/mol. The molecule has 0 radical (unpaired) electrons. The first-order valence-electron chi connectivity index (χ1n) is 9.20. The van der Waals surface area contributed by atoms with Crippen LogP contribution in [0.15, 0.2) is 48.5 Å². The molecule has 8 nitrogen and oxygen atoms in total. The molecule has 0 unspecified atom stereocenters. The fraction of sp³-hybridized carbons (Fsp3) is 0.286. The van der Waals surface area contributed by atoms with E-state index in [-0.39, 0.29) is 29.9 Å². The molecule has 2 aromatic carbocycles. The number of amides is 2.